The number of fused-ring (bicyclic) bond motifs is 1. The first-order valence-electron chi connectivity index (χ1n) is 7.15. The third kappa shape index (κ3) is 2.83. The largest absolute Gasteiger partial charge is 0.416 e. The van der Waals surface area contributed by atoms with Crippen LogP contribution in [0.1, 0.15) is 33.5 Å². The summed E-state index contributed by atoms with van der Waals surface area (Å²) in [5.74, 6) is -0.432. The molecular formula is C15H17F3N2O2. The van der Waals surface area contributed by atoms with E-state index in [1.165, 1.54) is 6.07 Å². The summed E-state index contributed by atoms with van der Waals surface area (Å²) in [6.45, 7) is 1.81. The van der Waals surface area contributed by atoms with E-state index in [0.717, 1.165) is 13.0 Å². The van der Waals surface area contributed by atoms with Crippen molar-refractivity contribution >= 4 is 5.91 Å². The topological polar surface area (TPSA) is 41.6 Å². The SMILES string of the molecule is CO[C@@H]1CCN(Cc2cc3c(c(C(F)(F)F)c2)CNC3=O)C1. The molecule has 0 aliphatic carbocycles. The van der Waals surface area contributed by atoms with Crippen molar-refractivity contribution in [3.8, 4) is 0 Å². The maximum atomic E-state index is 13.2. The summed E-state index contributed by atoms with van der Waals surface area (Å²) >= 11 is 0. The van der Waals surface area contributed by atoms with Gasteiger partial charge < -0.3 is 10.1 Å². The molecular weight excluding hydrogens is 297 g/mol. The van der Waals surface area contributed by atoms with Gasteiger partial charge in [-0.25, -0.2) is 0 Å². The van der Waals surface area contributed by atoms with Gasteiger partial charge in [0, 0.05) is 38.9 Å². The molecule has 1 saturated heterocycles. The average Bonchev–Trinajstić information content (AvgIpc) is 3.05. The molecule has 0 spiro atoms. The van der Waals surface area contributed by atoms with Crippen molar-refractivity contribution in [1.29, 1.82) is 0 Å². The summed E-state index contributed by atoms with van der Waals surface area (Å²) in [6, 6.07) is 2.74. The minimum Gasteiger partial charge on any atom is -0.380 e. The number of ether oxygens (including phenoxy) is 1. The Kier molecular flexibility index (Phi) is 3.86. The molecule has 2 aliphatic rings. The van der Waals surface area contributed by atoms with E-state index in [9.17, 15) is 18.0 Å². The van der Waals surface area contributed by atoms with Crippen LogP contribution in [0.15, 0.2) is 12.1 Å². The Bertz CT molecular complexity index is 601. The van der Waals surface area contributed by atoms with E-state index in [1.54, 1.807) is 13.2 Å². The van der Waals surface area contributed by atoms with Gasteiger partial charge in [0.25, 0.3) is 5.91 Å². The van der Waals surface area contributed by atoms with Gasteiger partial charge in [0.05, 0.1) is 11.7 Å². The molecule has 1 aromatic carbocycles. The van der Waals surface area contributed by atoms with Crippen LogP contribution in [0.5, 0.6) is 0 Å². The molecule has 7 heteroatoms. The average molecular weight is 314 g/mol. The number of alkyl halides is 3. The summed E-state index contributed by atoms with van der Waals surface area (Å²) in [7, 11) is 1.63. The van der Waals surface area contributed by atoms with Gasteiger partial charge in [-0.15, -0.1) is 0 Å². The number of nitrogens with zero attached hydrogens (tertiary/aromatic N) is 1. The van der Waals surface area contributed by atoms with Gasteiger partial charge in [-0.3, -0.25) is 9.69 Å². The lowest BCUT2D eigenvalue weighted by molar-refractivity contribution is -0.138. The van der Waals surface area contributed by atoms with E-state index < -0.39 is 17.6 Å². The van der Waals surface area contributed by atoms with Gasteiger partial charge in [0.1, 0.15) is 0 Å². The molecule has 1 amide bonds. The second-order valence-electron chi connectivity index (χ2n) is 5.73. The van der Waals surface area contributed by atoms with E-state index in [0.29, 0.717) is 18.7 Å². The Balaban J connectivity index is 1.89. The summed E-state index contributed by atoms with van der Waals surface area (Å²) in [5.41, 5.74) is 0.00506. The Morgan fingerprint density at radius 1 is 1.41 bits per heavy atom. The molecule has 120 valence electrons. The standard InChI is InChI=1S/C15H17F3N2O2/c1-22-10-2-3-20(8-10)7-9-4-11-12(6-19-14(11)21)13(5-9)15(16,17)18/h4-5,10H,2-3,6-8H2,1H3,(H,19,21)/t10-/m1/s1. The van der Waals surface area contributed by atoms with E-state index in [4.69, 9.17) is 4.74 Å². The number of hydrogen-bond acceptors (Lipinski definition) is 3. The number of carbonyl (C=O) groups excluding carboxylic acids is 1. The van der Waals surface area contributed by atoms with Crippen LogP contribution in [0.4, 0.5) is 13.2 Å². The molecule has 1 atom stereocenters. The summed E-state index contributed by atoms with van der Waals surface area (Å²) in [5, 5.41) is 2.46. The Labute approximate surface area is 126 Å². The molecule has 2 heterocycles. The van der Waals surface area contributed by atoms with Crippen LogP contribution in [-0.2, 0) is 24.0 Å². The fourth-order valence-corrected chi connectivity index (χ4v) is 3.12. The highest BCUT2D eigenvalue weighted by molar-refractivity contribution is 5.99. The minimum absolute atomic E-state index is 0.0532. The molecule has 4 nitrogen and oxygen atoms in total. The molecule has 0 unspecified atom stereocenters. The number of likely N-dealkylation sites (tertiary alicyclic amines) is 1. The Morgan fingerprint density at radius 2 is 2.18 bits per heavy atom. The van der Waals surface area contributed by atoms with E-state index in [1.807, 2.05) is 4.90 Å². The van der Waals surface area contributed by atoms with Crippen molar-refractivity contribution in [2.24, 2.45) is 0 Å². The van der Waals surface area contributed by atoms with Crippen molar-refractivity contribution < 1.29 is 22.7 Å². The fraction of sp³-hybridized carbons (Fsp3) is 0.533. The Morgan fingerprint density at radius 3 is 2.82 bits per heavy atom. The van der Waals surface area contributed by atoms with E-state index >= 15 is 0 Å². The lowest BCUT2D eigenvalue weighted by Crippen LogP contribution is -2.23. The number of halogens is 3. The summed E-state index contributed by atoms with van der Waals surface area (Å²) in [4.78, 5) is 13.8. The monoisotopic (exact) mass is 314 g/mol. The highest BCUT2D eigenvalue weighted by atomic mass is 19.4. The van der Waals surface area contributed by atoms with Gasteiger partial charge in [-0.1, -0.05) is 0 Å². The predicted molar refractivity (Wildman–Crippen MR) is 73.3 cm³/mol. The first kappa shape index (κ1) is 15.3. The van der Waals surface area contributed by atoms with Crippen molar-refractivity contribution in [3.63, 3.8) is 0 Å². The highest BCUT2D eigenvalue weighted by Crippen LogP contribution is 2.36. The number of carbonyl (C=O) groups is 1. The zero-order chi connectivity index (χ0) is 15.9. The maximum Gasteiger partial charge on any atom is 0.416 e. The van der Waals surface area contributed by atoms with Crippen molar-refractivity contribution in [2.75, 3.05) is 20.2 Å². The van der Waals surface area contributed by atoms with Gasteiger partial charge in [0.15, 0.2) is 0 Å². The Hall–Kier alpha value is -1.60. The zero-order valence-electron chi connectivity index (χ0n) is 12.2. The number of hydrogen-bond donors (Lipinski definition) is 1. The summed E-state index contributed by atoms with van der Waals surface area (Å²) in [6.07, 6.45) is -3.46. The quantitative estimate of drug-likeness (QED) is 0.930. The zero-order valence-corrected chi connectivity index (χ0v) is 12.2. The van der Waals surface area contributed by atoms with E-state index in [-0.39, 0.29) is 23.8 Å². The van der Waals surface area contributed by atoms with Crippen LogP contribution >= 0.6 is 0 Å². The second kappa shape index (κ2) is 5.55. The third-order valence-electron chi connectivity index (χ3n) is 4.25. The van der Waals surface area contributed by atoms with Gasteiger partial charge in [-0.2, -0.15) is 13.2 Å². The van der Waals surface area contributed by atoms with Gasteiger partial charge >= 0.3 is 6.18 Å². The molecule has 1 aromatic rings. The predicted octanol–water partition coefficient (Wildman–Crippen LogP) is 2.17. The summed E-state index contributed by atoms with van der Waals surface area (Å²) < 4.78 is 44.9. The smallest absolute Gasteiger partial charge is 0.380 e. The first-order valence-corrected chi connectivity index (χ1v) is 7.15. The maximum absolute atomic E-state index is 13.2. The molecule has 2 aliphatic heterocycles. The highest BCUT2D eigenvalue weighted by Gasteiger charge is 2.38. The lowest BCUT2D eigenvalue weighted by atomic mass is 9.98. The molecule has 3 rings (SSSR count). The van der Waals surface area contributed by atoms with Crippen LogP contribution < -0.4 is 5.32 Å². The minimum atomic E-state index is -4.45. The number of nitrogens with one attached hydrogen (secondary N) is 1. The van der Waals surface area contributed by atoms with Crippen LogP contribution in [0.25, 0.3) is 0 Å². The number of methoxy groups -OCH3 is 1. The van der Waals surface area contributed by atoms with Gasteiger partial charge in [0.2, 0.25) is 0 Å². The van der Waals surface area contributed by atoms with Crippen LogP contribution in [0.2, 0.25) is 0 Å². The molecule has 1 N–H and O–H groups in total. The van der Waals surface area contributed by atoms with Crippen molar-refractivity contribution in [2.45, 2.75) is 31.8 Å². The molecule has 0 saturated carbocycles. The van der Waals surface area contributed by atoms with Gasteiger partial charge in [-0.05, 0) is 29.7 Å². The number of rotatable bonds is 3. The van der Waals surface area contributed by atoms with Crippen LogP contribution in [0.3, 0.4) is 0 Å². The fourth-order valence-electron chi connectivity index (χ4n) is 3.12. The molecule has 22 heavy (non-hydrogen) atoms. The molecule has 0 bridgehead atoms. The number of amides is 1. The molecule has 0 aromatic heterocycles. The molecule has 1 fully saturated rings. The third-order valence-corrected chi connectivity index (χ3v) is 4.25. The second-order valence-corrected chi connectivity index (χ2v) is 5.73. The number of benzene rings is 1. The van der Waals surface area contributed by atoms with Crippen molar-refractivity contribution in [3.05, 3.63) is 34.4 Å². The van der Waals surface area contributed by atoms with Crippen LogP contribution in [-0.4, -0.2) is 37.1 Å². The lowest BCUT2D eigenvalue weighted by Gasteiger charge is -2.18. The van der Waals surface area contributed by atoms with Crippen LogP contribution in [0, 0.1) is 0 Å². The normalized spacial score (nSPS) is 22.0. The molecule has 0 radical (unpaired) electrons. The first-order chi connectivity index (χ1) is 10.4. The van der Waals surface area contributed by atoms with E-state index in [2.05, 4.69) is 5.32 Å². The van der Waals surface area contributed by atoms with Crippen molar-refractivity contribution in [1.82, 2.24) is 10.2 Å².